The van der Waals surface area contributed by atoms with E-state index in [4.69, 9.17) is 4.98 Å². The molecule has 2 unspecified atom stereocenters. The van der Waals surface area contributed by atoms with Crippen LogP contribution in [0.4, 0.5) is 11.6 Å². The molecule has 0 radical (unpaired) electrons. The first-order valence-electron chi connectivity index (χ1n) is 7.15. The molecule has 1 aliphatic heterocycles. The highest BCUT2D eigenvalue weighted by Gasteiger charge is 2.29. The maximum Gasteiger partial charge on any atom is 0.138 e. The van der Waals surface area contributed by atoms with Gasteiger partial charge in [0.2, 0.25) is 0 Å². The highest BCUT2D eigenvalue weighted by Crippen LogP contribution is 2.30. The summed E-state index contributed by atoms with van der Waals surface area (Å²) in [5, 5.41) is 3.15. The standard InChI is InChI=1S/C15H26N4/c1-10-7-11(2)19(9-10)13-8-12(16-6)17-14(18-13)15(3,4)5/h8,10-11H,7,9H2,1-6H3,(H,16,17,18). The zero-order valence-electron chi connectivity index (χ0n) is 13.0. The molecule has 1 aliphatic rings. The third kappa shape index (κ3) is 2.99. The van der Waals surface area contributed by atoms with Gasteiger partial charge >= 0.3 is 0 Å². The van der Waals surface area contributed by atoms with E-state index in [1.165, 1.54) is 6.42 Å². The molecule has 1 fully saturated rings. The molecule has 0 amide bonds. The highest BCUT2D eigenvalue weighted by atomic mass is 15.2. The van der Waals surface area contributed by atoms with Crippen molar-refractivity contribution in [3.63, 3.8) is 0 Å². The third-order valence-corrected chi connectivity index (χ3v) is 3.72. The van der Waals surface area contributed by atoms with Gasteiger partial charge in [-0.25, -0.2) is 9.97 Å². The summed E-state index contributed by atoms with van der Waals surface area (Å²) in [6.45, 7) is 12.1. The highest BCUT2D eigenvalue weighted by molar-refractivity contribution is 5.51. The van der Waals surface area contributed by atoms with Crippen LogP contribution in [-0.4, -0.2) is 29.6 Å². The molecule has 1 aromatic heterocycles. The van der Waals surface area contributed by atoms with Crippen LogP contribution in [0.5, 0.6) is 0 Å². The summed E-state index contributed by atoms with van der Waals surface area (Å²) in [5.74, 6) is 3.60. The van der Waals surface area contributed by atoms with Crippen LogP contribution in [0.2, 0.25) is 0 Å². The zero-order chi connectivity index (χ0) is 14.2. The fraction of sp³-hybridized carbons (Fsp3) is 0.733. The number of rotatable bonds is 2. The number of aromatic nitrogens is 2. The minimum absolute atomic E-state index is 0.0316. The van der Waals surface area contributed by atoms with E-state index < -0.39 is 0 Å². The largest absolute Gasteiger partial charge is 0.373 e. The van der Waals surface area contributed by atoms with Crippen LogP contribution in [0.3, 0.4) is 0 Å². The van der Waals surface area contributed by atoms with Crippen LogP contribution in [0.1, 0.15) is 46.9 Å². The Balaban J connectivity index is 2.40. The van der Waals surface area contributed by atoms with Crippen LogP contribution in [-0.2, 0) is 5.41 Å². The average molecular weight is 262 g/mol. The molecular weight excluding hydrogens is 236 g/mol. The van der Waals surface area contributed by atoms with Crippen molar-refractivity contribution in [3.05, 3.63) is 11.9 Å². The Morgan fingerprint density at radius 2 is 1.95 bits per heavy atom. The lowest BCUT2D eigenvalue weighted by Crippen LogP contribution is -2.29. The van der Waals surface area contributed by atoms with Crippen molar-refractivity contribution in [2.75, 3.05) is 23.8 Å². The third-order valence-electron chi connectivity index (χ3n) is 3.72. The molecule has 0 bridgehead atoms. The van der Waals surface area contributed by atoms with Gasteiger partial charge in [0, 0.05) is 31.1 Å². The van der Waals surface area contributed by atoms with Gasteiger partial charge in [0.25, 0.3) is 0 Å². The Hall–Kier alpha value is -1.32. The van der Waals surface area contributed by atoms with E-state index in [1.54, 1.807) is 0 Å². The van der Waals surface area contributed by atoms with Crippen molar-refractivity contribution in [2.45, 2.75) is 52.5 Å². The summed E-state index contributed by atoms with van der Waals surface area (Å²) >= 11 is 0. The lowest BCUT2D eigenvalue weighted by Gasteiger charge is -2.26. The van der Waals surface area contributed by atoms with Crippen LogP contribution in [0, 0.1) is 5.92 Å². The van der Waals surface area contributed by atoms with Gasteiger partial charge in [0.15, 0.2) is 0 Å². The SMILES string of the molecule is CNc1cc(N2CC(C)CC2C)nc(C(C)(C)C)n1. The molecule has 106 valence electrons. The molecule has 0 saturated carbocycles. The van der Waals surface area contributed by atoms with Gasteiger partial charge in [0.05, 0.1) is 0 Å². The van der Waals surface area contributed by atoms with E-state index in [2.05, 4.69) is 55.9 Å². The van der Waals surface area contributed by atoms with Gasteiger partial charge in [-0.05, 0) is 19.3 Å². The summed E-state index contributed by atoms with van der Waals surface area (Å²) < 4.78 is 0. The Labute approximate surface area is 116 Å². The molecule has 1 N–H and O–H groups in total. The fourth-order valence-electron chi connectivity index (χ4n) is 2.66. The Morgan fingerprint density at radius 1 is 1.26 bits per heavy atom. The quantitative estimate of drug-likeness (QED) is 0.889. The number of nitrogens with zero attached hydrogens (tertiary/aromatic N) is 3. The summed E-state index contributed by atoms with van der Waals surface area (Å²) in [5.41, 5.74) is -0.0316. The van der Waals surface area contributed by atoms with Gasteiger partial charge in [0.1, 0.15) is 17.5 Å². The monoisotopic (exact) mass is 262 g/mol. The minimum atomic E-state index is -0.0316. The first-order chi connectivity index (χ1) is 8.81. The smallest absolute Gasteiger partial charge is 0.138 e. The van der Waals surface area contributed by atoms with E-state index in [9.17, 15) is 0 Å². The minimum Gasteiger partial charge on any atom is -0.373 e. The molecule has 0 spiro atoms. The second kappa shape index (κ2) is 4.99. The van der Waals surface area contributed by atoms with Gasteiger partial charge in [-0.1, -0.05) is 27.7 Å². The van der Waals surface area contributed by atoms with Crippen molar-refractivity contribution < 1.29 is 0 Å². The van der Waals surface area contributed by atoms with Crippen molar-refractivity contribution in [2.24, 2.45) is 5.92 Å². The number of nitrogens with one attached hydrogen (secondary N) is 1. The summed E-state index contributed by atoms with van der Waals surface area (Å²) in [7, 11) is 1.91. The zero-order valence-corrected chi connectivity index (χ0v) is 13.0. The Bertz CT molecular complexity index is 450. The van der Waals surface area contributed by atoms with E-state index in [-0.39, 0.29) is 5.41 Å². The van der Waals surface area contributed by atoms with Crippen molar-refractivity contribution >= 4 is 11.6 Å². The van der Waals surface area contributed by atoms with E-state index >= 15 is 0 Å². The van der Waals surface area contributed by atoms with E-state index in [1.807, 2.05) is 7.05 Å². The molecule has 2 rings (SSSR count). The van der Waals surface area contributed by atoms with Gasteiger partial charge in [-0.3, -0.25) is 0 Å². The van der Waals surface area contributed by atoms with Crippen LogP contribution < -0.4 is 10.2 Å². The van der Waals surface area contributed by atoms with E-state index in [0.29, 0.717) is 6.04 Å². The lowest BCUT2D eigenvalue weighted by molar-refractivity contribution is 0.544. The second-order valence-electron chi connectivity index (χ2n) is 6.78. The summed E-state index contributed by atoms with van der Waals surface area (Å²) in [6.07, 6.45) is 1.24. The first-order valence-corrected chi connectivity index (χ1v) is 7.15. The van der Waals surface area contributed by atoms with Gasteiger partial charge in [-0.15, -0.1) is 0 Å². The van der Waals surface area contributed by atoms with Gasteiger partial charge < -0.3 is 10.2 Å². The molecule has 1 aromatic rings. The maximum absolute atomic E-state index is 4.79. The molecular formula is C15H26N4. The molecule has 4 nitrogen and oxygen atoms in total. The molecule has 0 aliphatic carbocycles. The van der Waals surface area contributed by atoms with Crippen LogP contribution >= 0.6 is 0 Å². The van der Waals surface area contributed by atoms with Crippen LogP contribution in [0.25, 0.3) is 0 Å². The lowest BCUT2D eigenvalue weighted by atomic mass is 9.96. The molecule has 2 heterocycles. The molecule has 2 atom stereocenters. The van der Waals surface area contributed by atoms with Gasteiger partial charge in [-0.2, -0.15) is 0 Å². The maximum atomic E-state index is 4.79. The summed E-state index contributed by atoms with van der Waals surface area (Å²) in [4.78, 5) is 11.8. The van der Waals surface area contributed by atoms with E-state index in [0.717, 1.165) is 29.9 Å². The number of hydrogen-bond donors (Lipinski definition) is 1. The van der Waals surface area contributed by atoms with Crippen LogP contribution in [0.15, 0.2) is 6.07 Å². The number of hydrogen-bond acceptors (Lipinski definition) is 4. The number of anilines is 2. The average Bonchev–Trinajstić information content (AvgIpc) is 2.66. The second-order valence-corrected chi connectivity index (χ2v) is 6.78. The topological polar surface area (TPSA) is 41.0 Å². The van der Waals surface area contributed by atoms with Crippen molar-refractivity contribution in [3.8, 4) is 0 Å². The summed E-state index contributed by atoms with van der Waals surface area (Å²) in [6, 6.07) is 2.62. The molecule has 19 heavy (non-hydrogen) atoms. The molecule has 1 saturated heterocycles. The molecule has 4 heteroatoms. The molecule has 0 aromatic carbocycles. The first kappa shape index (κ1) is 14.1. The van der Waals surface area contributed by atoms with Crippen molar-refractivity contribution in [1.82, 2.24) is 9.97 Å². The predicted octanol–water partition coefficient (Wildman–Crippen LogP) is 3.05. The normalized spacial score (nSPS) is 23.8. The predicted molar refractivity (Wildman–Crippen MR) is 80.9 cm³/mol. The Kier molecular flexibility index (Phi) is 3.70. The van der Waals surface area contributed by atoms with Crippen molar-refractivity contribution in [1.29, 1.82) is 0 Å². The Morgan fingerprint density at radius 3 is 2.42 bits per heavy atom. The fourth-order valence-corrected chi connectivity index (χ4v) is 2.66.